The molecule has 1 fully saturated rings. The van der Waals surface area contributed by atoms with Gasteiger partial charge in [0.1, 0.15) is 17.6 Å². The fourth-order valence-electron chi connectivity index (χ4n) is 3.43. The van der Waals surface area contributed by atoms with E-state index in [9.17, 15) is 9.90 Å². The number of rotatable bonds is 8. The van der Waals surface area contributed by atoms with Crippen molar-refractivity contribution < 1.29 is 14.6 Å². The van der Waals surface area contributed by atoms with E-state index in [0.29, 0.717) is 19.7 Å². The molecule has 0 aliphatic carbocycles. The van der Waals surface area contributed by atoms with E-state index in [0.717, 1.165) is 43.2 Å². The van der Waals surface area contributed by atoms with Gasteiger partial charge in [-0.3, -0.25) is 14.6 Å². The molecule has 2 heterocycles. The van der Waals surface area contributed by atoms with Gasteiger partial charge in [-0.05, 0) is 24.1 Å². The standard InChI is InChI=1S/C20H28N4O3/c1-3-13-27-17-6-4-5-16(14-17)19(20(25)26)24-11-9-23(10-12-24)15-18-21-7-8-22(18)2/h4-8,14,19H,3,9-13,15H2,1-2H3,(H,25,26)/t19-/m0/s1. The van der Waals surface area contributed by atoms with Crippen molar-refractivity contribution in [3.05, 3.63) is 48.0 Å². The van der Waals surface area contributed by atoms with Crippen molar-refractivity contribution in [1.82, 2.24) is 19.4 Å². The van der Waals surface area contributed by atoms with Crippen molar-refractivity contribution in [2.24, 2.45) is 7.05 Å². The topological polar surface area (TPSA) is 70.8 Å². The van der Waals surface area contributed by atoms with E-state index in [1.54, 1.807) is 6.20 Å². The van der Waals surface area contributed by atoms with E-state index in [-0.39, 0.29) is 0 Å². The Morgan fingerprint density at radius 1 is 1.30 bits per heavy atom. The van der Waals surface area contributed by atoms with Gasteiger partial charge in [0.05, 0.1) is 13.2 Å². The Labute approximate surface area is 160 Å². The van der Waals surface area contributed by atoms with E-state index in [2.05, 4.69) is 9.88 Å². The molecule has 7 nitrogen and oxygen atoms in total. The molecule has 2 aromatic rings. The first kappa shape index (κ1) is 19.4. The zero-order valence-electron chi connectivity index (χ0n) is 16.0. The number of aliphatic carboxylic acids is 1. The lowest BCUT2D eigenvalue weighted by Gasteiger charge is -2.37. The molecule has 1 N–H and O–H groups in total. The lowest BCUT2D eigenvalue weighted by atomic mass is 10.0. The minimum absolute atomic E-state index is 0.632. The SMILES string of the molecule is CCCOc1cccc([C@@H](C(=O)O)N2CCN(Cc3nccn3C)CC2)c1. The molecule has 27 heavy (non-hydrogen) atoms. The average Bonchev–Trinajstić information content (AvgIpc) is 3.06. The van der Waals surface area contributed by atoms with Crippen molar-refractivity contribution in [2.75, 3.05) is 32.8 Å². The van der Waals surface area contributed by atoms with Crippen molar-refractivity contribution in [3.8, 4) is 5.75 Å². The Bertz CT molecular complexity index is 753. The van der Waals surface area contributed by atoms with Gasteiger partial charge < -0.3 is 14.4 Å². The van der Waals surface area contributed by atoms with E-state index < -0.39 is 12.0 Å². The van der Waals surface area contributed by atoms with E-state index >= 15 is 0 Å². The summed E-state index contributed by atoms with van der Waals surface area (Å²) in [5, 5.41) is 9.85. The van der Waals surface area contributed by atoms with Gasteiger partial charge in [-0.25, -0.2) is 4.98 Å². The van der Waals surface area contributed by atoms with Gasteiger partial charge in [0.2, 0.25) is 0 Å². The summed E-state index contributed by atoms with van der Waals surface area (Å²) in [6.45, 7) is 6.53. The summed E-state index contributed by atoms with van der Waals surface area (Å²) in [5.74, 6) is 0.938. The fraction of sp³-hybridized carbons (Fsp3) is 0.500. The number of benzene rings is 1. The number of carboxylic acid groups (broad SMARTS) is 1. The van der Waals surface area contributed by atoms with Crippen molar-refractivity contribution in [3.63, 3.8) is 0 Å². The maximum atomic E-state index is 12.0. The number of piperazine rings is 1. The molecular formula is C20H28N4O3. The molecule has 1 aliphatic heterocycles. The minimum Gasteiger partial charge on any atom is -0.494 e. The van der Waals surface area contributed by atoms with Crippen LogP contribution in [0.25, 0.3) is 0 Å². The van der Waals surface area contributed by atoms with E-state index in [1.807, 2.05) is 53.9 Å². The molecule has 0 saturated carbocycles. The summed E-state index contributed by atoms with van der Waals surface area (Å²) in [7, 11) is 1.99. The molecule has 0 bridgehead atoms. The first-order valence-electron chi connectivity index (χ1n) is 9.46. The van der Waals surface area contributed by atoms with Gasteiger partial charge >= 0.3 is 5.97 Å². The van der Waals surface area contributed by atoms with Crippen molar-refractivity contribution >= 4 is 5.97 Å². The van der Waals surface area contributed by atoms with Crippen LogP contribution in [-0.2, 0) is 18.4 Å². The Balaban J connectivity index is 1.65. The van der Waals surface area contributed by atoms with Crippen LogP contribution in [0.1, 0.15) is 30.8 Å². The molecule has 1 aromatic carbocycles. The molecule has 0 unspecified atom stereocenters. The van der Waals surface area contributed by atoms with Crippen LogP contribution in [0.3, 0.4) is 0 Å². The number of nitrogens with zero attached hydrogens (tertiary/aromatic N) is 4. The molecule has 7 heteroatoms. The highest BCUT2D eigenvalue weighted by Crippen LogP contribution is 2.26. The largest absolute Gasteiger partial charge is 0.494 e. The smallest absolute Gasteiger partial charge is 0.325 e. The number of aromatic nitrogens is 2. The lowest BCUT2D eigenvalue weighted by molar-refractivity contribution is -0.144. The average molecular weight is 372 g/mol. The second kappa shape index (κ2) is 9.01. The number of hydrogen-bond donors (Lipinski definition) is 1. The molecule has 0 radical (unpaired) electrons. The molecule has 0 amide bonds. The summed E-state index contributed by atoms with van der Waals surface area (Å²) in [6.07, 6.45) is 4.67. The van der Waals surface area contributed by atoms with Crippen LogP contribution in [0, 0.1) is 0 Å². The predicted molar refractivity (Wildman–Crippen MR) is 103 cm³/mol. The third kappa shape index (κ3) is 4.87. The first-order valence-corrected chi connectivity index (χ1v) is 9.46. The zero-order chi connectivity index (χ0) is 19.2. The Hall–Kier alpha value is -2.38. The molecule has 0 spiro atoms. The Morgan fingerprint density at radius 2 is 2.07 bits per heavy atom. The van der Waals surface area contributed by atoms with Gasteiger partial charge in [0.25, 0.3) is 0 Å². The first-order chi connectivity index (χ1) is 13.1. The predicted octanol–water partition coefficient (Wildman–Crippen LogP) is 2.15. The number of imidazole rings is 1. The fourth-order valence-corrected chi connectivity index (χ4v) is 3.43. The van der Waals surface area contributed by atoms with Gasteiger partial charge in [-0.2, -0.15) is 0 Å². The molecule has 1 aliphatic rings. The lowest BCUT2D eigenvalue weighted by Crippen LogP contribution is -2.49. The second-order valence-corrected chi connectivity index (χ2v) is 6.93. The number of aryl methyl sites for hydroxylation is 1. The number of ether oxygens (including phenoxy) is 1. The highest BCUT2D eigenvalue weighted by atomic mass is 16.5. The van der Waals surface area contributed by atoms with Crippen LogP contribution in [-0.4, -0.2) is 63.2 Å². The number of carbonyl (C=O) groups is 1. The molecule has 3 rings (SSSR count). The molecule has 1 aromatic heterocycles. The normalized spacial score (nSPS) is 17.0. The highest BCUT2D eigenvalue weighted by molar-refractivity contribution is 5.75. The maximum Gasteiger partial charge on any atom is 0.325 e. The Kier molecular flexibility index (Phi) is 6.47. The Morgan fingerprint density at radius 3 is 2.70 bits per heavy atom. The molecular weight excluding hydrogens is 344 g/mol. The minimum atomic E-state index is -0.819. The summed E-state index contributed by atoms with van der Waals surface area (Å²) >= 11 is 0. The van der Waals surface area contributed by atoms with Crippen LogP contribution >= 0.6 is 0 Å². The van der Waals surface area contributed by atoms with Crippen molar-refractivity contribution in [1.29, 1.82) is 0 Å². The second-order valence-electron chi connectivity index (χ2n) is 6.93. The molecule has 146 valence electrons. The van der Waals surface area contributed by atoms with Gasteiger partial charge in [0, 0.05) is 45.6 Å². The third-order valence-electron chi connectivity index (χ3n) is 4.94. The molecule has 1 atom stereocenters. The maximum absolute atomic E-state index is 12.0. The van der Waals surface area contributed by atoms with Crippen LogP contribution in [0.15, 0.2) is 36.7 Å². The van der Waals surface area contributed by atoms with Crippen LogP contribution in [0.5, 0.6) is 5.75 Å². The van der Waals surface area contributed by atoms with E-state index in [1.165, 1.54) is 0 Å². The number of carboxylic acids is 1. The summed E-state index contributed by atoms with van der Waals surface area (Å²) in [5.41, 5.74) is 0.772. The van der Waals surface area contributed by atoms with Gasteiger partial charge in [-0.1, -0.05) is 19.1 Å². The highest BCUT2D eigenvalue weighted by Gasteiger charge is 2.30. The van der Waals surface area contributed by atoms with Gasteiger partial charge in [-0.15, -0.1) is 0 Å². The van der Waals surface area contributed by atoms with Crippen LogP contribution in [0.4, 0.5) is 0 Å². The van der Waals surface area contributed by atoms with Crippen LogP contribution < -0.4 is 4.74 Å². The van der Waals surface area contributed by atoms with E-state index in [4.69, 9.17) is 4.74 Å². The summed E-state index contributed by atoms with van der Waals surface area (Å²) in [4.78, 5) is 20.7. The number of hydrogen-bond acceptors (Lipinski definition) is 5. The van der Waals surface area contributed by atoms with Crippen molar-refractivity contribution in [2.45, 2.75) is 25.9 Å². The quantitative estimate of drug-likeness (QED) is 0.766. The molecule has 1 saturated heterocycles. The van der Waals surface area contributed by atoms with Gasteiger partial charge in [0.15, 0.2) is 0 Å². The summed E-state index contributed by atoms with van der Waals surface area (Å²) < 4.78 is 7.69. The third-order valence-corrected chi connectivity index (χ3v) is 4.94. The monoisotopic (exact) mass is 372 g/mol. The zero-order valence-corrected chi connectivity index (χ0v) is 16.0. The van der Waals surface area contributed by atoms with Crippen LogP contribution in [0.2, 0.25) is 0 Å². The summed E-state index contributed by atoms with van der Waals surface area (Å²) in [6, 6.07) is 6.83.